The van der Waals surface area contributed by atoms with Gasteiger partial charge in [-0.2, -0.15) is 0 Å². The SMILES string of the molecule is CCc1nc(C2CCC(CC)CC2)sc1CNC(C)(C)C. The Labute approximate surface area is 134 Å². The zero-order valence-electron chi connectivity index (χ0n) is 14.5. The molecule has 1 N–H and O–H groups in total. The lowest BCUT2D eigenvalue weighted by Gasteiger charge is -2.26. The fourth-order valence-corrected chi connectivity index (χ4v) is 4.42. The molecule has 1 heterocycles. The second-order valence-corrected chi connectivity index (χ2v) is 8.62. The molecule has 120 valence electrons. The molecule has 1 aliphatic rings. The van der Waals surface area contributed by atoms with E-state index in [4.69, 9.17) is 4.98 Å². The van der Waals surface area contributed by atoms with E-state index in [-0.39, 0.29) is 5.54 Å². The normalized spacial score (nSPS) is 23.5. The summed E-state index contributed by atoms with van der Waals surface area (Å²) in [6, 6.07) is 0. The van der Waals surface area contributed by atoms with E-state index in [1.54, 1.807) is 0 Å². The van der Waals surface area contributed by atoms with Crippen LogP contribution in [-0.2, 0) is 13.0 Å². The van der Waals surface area contributed by atoms with Gasteiger partial charge in [0.2, 0.25) is 0 Å². The van der Waals surface area contributed by atoms with Gasteiger partial charge in [0, 0.05) is 22.9 Å². The maximum Gasteiger partial charge on any atom is 0.0962 e. The predicted octanol–water partition coefficient (Wildman–Crippen LogP) is 5.28. The van der Waals surface area contributed by atoms with Crippen molar-refractivity contribution in [3.05, 3.63) is 15.6 Å². The van der Waals surface area contributed by atoms with Crippen LogP contribution in [0.25, 0.3) is 0 Å². The minimum absolute atomic E-state index is 0.175. The molecule has 0 spiro atoms. The summed E-state index contributed by atoms with van der Waals surface area (Å²) in [5.41, 5.74) is 1.50. The summed E-state index contributed by atoms with van der Waals surface area (Å²) in [4.78, 5) is 6.44. The number of thiazole rings is 1. The number of nitrogens with one attached hydrogen (secondary N) is 1. The van der Waals surface area contributed by atoms with E-state index in [1.807, 2.05) is 11.3 Å². The van der Waals surface area contributed by atoms with Crippen LogP contribution in [0, 0.1) is 5.92 Å². The first-order valence-electron chi connectivity index (χ1n) is 8.66. The van der Waals surface area contributed by atoms with E-state index in [0.29, 0.717) is 0 Å². The molecule has 0 unspecified atom stereocenters. The molecule has 0 atom stereocenters. The van der Waals surface area contributed by atoms with Gasteiger partial charge in [0.25, 0.3) is 0 Å². The second kappa shape index (κ2) is 7.23. The lowest BCUT2D eigenvalue weighted by molar-refractivity contribution is 0.318. The molecule has 21 heavy (non-hydrogen) atoms. The predicted molar refractivity (Wildman–Crippen MR) is 93.1 cm³/mol. The number of hydrogen-bond acceptors (Lipinski definition) is 3. The molecular formula is C18H32N2S. The van der Waals surface area contributed by atoms with Crippen LogP contribution in [0.4, 0.5) is 0 Å². The molecule has 0 bridgehead atoms. The van der Waals surface area contributed by atoms with Crippen LogP contribution >= 0.6 is 11.3 Å². The summed E-state index contributed by atoms with van der Waals surface area (Å²) in [5.74, 6) is 1.69. The highest BCUT2D eigenvalue weighted by Crippen LogP contribution is 2.39. The number of rotatable bonds is 5. The van der Waals surface area contributed by atoms with Crippen LogP contribution in [0.2, 0.25) is 0 Å². The van der Waals surface area contributed by atoms with Crippen molar-refractivity contribution < 1.29 is 0 Å². The van der Waals surface area contributed by atoms with Gasteiger partial charge in [-0.1, -0.05) is 20.3 Å². The molecule has 3 heteroatoms. The van der Waals surface area contributed by atoms with Crippen molar-refractivity contribution in [2.24, 2.45) is 5.92 Å². The molecule has 1 aromatic rings. The molecular weight excluding hydrogens is 276 g/mol. The lowest BCUT2D eigenvalue weighted by Crippen LogP contribution is -2.35. The van der Waals surface area contributed by atoms with Crippen molar-refractivity contribution in [3.63, 3.8) is 0 Å². The zero-order valence-corrected chi connectivity index (χ0v) is 15.3. The Hall–Kier alpha value is -0.410. The van der Waals surface area contributed by atoms with Crippen LogP contribution in [0.1, 0.15) is 88.2 Å². The Morgan fingerprint density at radius 2 is 1.81 bits per heavy atom. The molecule has 1 aromatic heterocycles. The van der Waals surface area contributed by atoms with E-state index < -0.39 is 0 Å². The standard InChI is InChI=1S/C18H32N2S/c1-6-13-8-10-14(11-9-13)17-20-15(7-2)16(21-17)12-19-18(3,4)5/h13-14,19H,6-12H2,1-5H3. The molecule has 1 saturated carbocycles. The van der Waals surface area contributed by atoms with Gasteiger partial charge in [-0.05, 0) is 58.8 Å². The van der Waals surface area contributed by atoms with Crippen LogP contribution in [-0.4, -0.2) is 10.5 Å². The Morgan fingerprint density at radius 1 is 1.14 bits per heavy atom. The Kier molecular flexibility index (Phi) is 5.84. The largest absolute Gasteiger partial charge is 0.307 e. The lowest BCUT2D eigenvalue weighted by atomic mass is 9.81. The first kappa shape index (κ1) is 17.0. The number of hydrogen-bond donors (Lipinski definition) is 1. The Balaban J connectivity index is 2.03. The Morgan fingerprint density at radius 3 is 2.33 bits per heavy atom. The zero-order chi connectivity index (χ0) is 15.5. The van der Waals surface area contributed by atoms with Crippen molar-refractivity contribution in [3.8, 4) is 0 Å². The summed E-state index contributed by atoms with van der Waals surface area (Å²) in [6.45, 7) is 12.2. The van der Waals surface area contributed by atoms with E-state index in [0.717, 1.165) is 24.8 Å². The third-order valence-electron chi connectivity index (χ3n) is 4.68. The van der Waals surface area contributed by atoms with Crippen LogP contribution in [0.5, 0.6) is 0 Å². The molecule has 1 fully saturated rings. The quantitative estimate of drug-likeness (QED) is 0.800. The van der Waals surface area contributed by atoms with Crippen LogP contribution < -0.4 is 5.32 Å². The minimum atomic E-state index is 0.175. The van der Waals surface area contributed by atoms with E-state index in [2.05, 4.69) is 39.9 Å². The fraction of sp³-hybridized carbons (Fsp3) is 0.833. The van der Waals surface area contributed by atoms with Crippen molar-refractivity contribution >= 4 is 11.3 Å². The second-order valence-electron chi connectivity index (χ2n) is 7.50. The molecule has 0 aromatic carbocycles. The summed E-state index contributed by atoms with van der Waals surface area (Å²) < 4.78 is 0. The highest BCUT2D eigenvalue weighted by molar-refractivity contribution is 7.11. The molecule has 0 radical (unpaired) electrons. The van der Waals surface area contributed by atoms with E-state index >= 15 is 0 Å². The fourth-order valence-electron chi connectivity index (χ4n) is 3.16. The van der Waals surface area contributed by atoms with Gasteiger partial charge in [-0.25, -0.2) is 4.98 Å². The topological polar surface area (TPSA) is 24.9 Å². The molecule has 0 saturated heterocycles. The molecule has 0 amide bonds. The first-order chi connectivity index (χ1) is 9.93. The average Bonchev–Trinajstić information content (AvgIpc) is 2.88. The van der Waals surface area contributed by atoms with Crippen molar-refractivity contribution in [2.75, 3.05) is 0 Å². The third-order valence-corrected chi connectivity index (χ3v) is 5.94. The van der Waals surface area contributed by atoms with Gasteiger partial charge in [-0.15, -0.1) is 11.3 Å². The summed E-state index contributed by atoms with van der Waals surface area (Å²) in [6.07, 6.45) is 7.91. The smallest absolute Gasteiger partial charge is 0.0962 e. The first-order valence-corrected chi connectivity index (χ1v) is 9.48. The Bertz CT molecular complexity index is 437. The molecule has 0 aliphatic heterocycles. The van der Waals surface area contributed by atoms with Gasteiger partial charge in [0.05, 0.1) is 10.7 Å². The molecule has 2 nitrogen and oxygen atoms in total. The number of aryl methyl sites for hydroxylation is 1. The molecule has 1 aliphatic carbocycles. The highest BCUT2D eigenvalue weighted by atomic mass is 32.1. The van der Waals surface area contributed by atoms with Crippen LogP contribution in [0.15, 0.2) is 0 Å². The summed E-state index contributed by atoms with van der Waals surface area (Å²) in [7, 11) is 0. The van der Waals surface area contributed by atoms with Crippen molar-refractivity contribution in [2.45, 2.75) is 91.1 Å². The van der Waals surface area contributed by atoms with Crippen molar-refractivity contribution in [1.82, 2.24) is 10.3 Å². The van der Waals surface area contributed by atoms with Gasteiger partial charge >= 0.3 is 0 Å². The van der Waals surface area contributed by atoms with Crippen molar-refractivity contribution in [1.29, 1.82) is 0 Å². The monoisotopic (exact) mass is 308 g/mol. The summed E-state index contributed by atoms with van der Waals surface area (Å²) in [5, 5.41) is 5.03. The maximum atomic E-state index is 4.98. The molecule has 2 rings (SSSR count). The average molecular weight is 309 g/mol. The van der Waals surface area contributed by atoms with Gasteiger partial charge in [-0.3, -0.25) is 0 Å². The van der Waals surface area contributed by atoms with E-state index in [9.17, 15) is 0 Å². The number of aromatic nitrogens is 1. The minimum Gasteiger partial charge on any atom is -0.307 e. The van der Waals surface area contributed by atoms with Gasteiger partial charge in [0.1, 0.15) is 0 Å². The summed E-state index contributed by atoms with van der Waals surface area (Å²) >= 11 is 1.97. The van der Waals surface area contributed by atoms with E-state index in [1.165, 1.54) is 47.7 Å². The van der Waals surface area contributed by atoms with Gasteiger partial charge < -0.3 is 5.32 Å². The van der Waals surface area contributed by atoms with Crippen LogP contribution in [0.3, 0.4) is 0 Å². The highest BCUT2D eigenvalue weighted by Gasteiger charge is 2.25. The third kappa shape index (κ3) is 4.79. The maximum absolute atomic E-state index is 4.98. The number of nitrogens with zero attached hydrogens (tertiary/aromatic N) is 1. The van der Waals surface area contributed by atoms with Gasteiger partial charge in [0.15, 0.2) is 0 Å².